The molecule has 42 heavy (non-hydrogen) atoms. The van der Waals surface area contributed by atoms with E-state index >= 15 is 0 Å². The fraction of sp³-hybridized carbons (Fsp3) is 0.333. The molecule has 3 aromatic carbocycles. The van der Waals surface area contributed by atoms with Gasteiger partial charge in [-0.2, -0.15) is 0 Å². The highest BCUT2D eigenvalue weighted by Gasteiger charge is 2.33. The van der Waals surface area contributed by atoms with Crippen LogP contribution in [0.5, 0.6) is 11.5 Å². The first-order chi connectivity index (χ1) is 20.0. The number of hydrogen-bond acceptors (Lipinski definition) is 6. The van der Waals surface area contributed by atoms with Crippen LogP contribution in [0.4, 0.5) is 5.69 Å². The standard InChI is InChI=1S/C30H35Cl2N3O6S/c1-5-6-16-33-30(37)21(2)34(19-22-12-13-23(31)17-26(22)32)29(36)20-35(24-10-8-7-9-11-24)42(38,39)25-14-15-27(40-3)28(18-25)41-4/h7-15,17-18,21H,5-6,16,19-20H2,1-4H3,(H,33,37)/t21-/m1/s1. The van der Waals surface area contributed by atoms with Crippen LogP contribution in [-0.4, -0.2) is 58.5 Å². The van der Waals surface area contributed by atoms with Crippen molar-refractivity contribution >= 4 is 50.7 Å². The van der Waals surface area contributed by atoms with Gasteiger partial charge < -0.3 is 19.7 Å². The normalized spacial score (nSPS) is 11.9. The summed E-state index contributed by atoms with van der Waals surface area (Å²) in [4.78, 5) is 28.3. The van der Waals surface area contributed by atoms with Crippen molar-refractivity contribution in [2.75, 3.05) is 31.6 Å². The minimum Gasteiger partial charge on any atom is -0.493 e. The molecule has 0 fully saturated rings. The van der Waals surface area contributed by atoms with E-state index in [0.717, 1.165) is 17.1 Å². The van der Waals surface area contributed by atoms with E-state index in [4.69, 9.17) is 32.7 Å². The van der Waals surface area contributed by atoms with Gasteiger partial charge >= 0.3 is 0 Å². The lowest BCUT2D eigenvalue weighted by molar-refractivity contribution is -0.139. The molecule has 0 aliphatic carbocycles. The number of amides is 2. The Kier molecular flexibility index (Phi) is 11.9. The summed E-state index contributed by atoms with van der Waals surface area (Å²) >= 11 is 12.5. The predicted molar refractivity (Wildman–Crippen MR) is 165 cm³/mol. The van der Waals surface area contributed by atoms with Crippen molar-refractivity contribution in [3.05, 3.63) is 82.3 Å². The average Bonchev–Trinajstić information content (AvgIpc) is 2.99. The molecule has 3 rings (SSSR count). The van der Waals surface area contributed by atoms with E-state index in [1.165, 1.54) is 37.3 Å². The lowest BCUT2D eigenvalue weighted by atomic mass is 10.1. The maximum Gasteiger partial charge on any atom is 0.264 e. The summed E-state index contributed by atoms with van der Waals surface area (Å²) in [7, 11) is -1.44. The van der Waals surface area contributed by atoms with Crippen LogP contribution in [0.15, 0.2) is 71.6 Å². The SMILES string of the molecule is CCCCNC(=O)[C@@H](C)N(Cc1ccc(Cl)cc1Cl)C(=O)CN(c1ccccc1)S(=O)(=O)c1ccc(OC)c(OC)c1. The summed E-state index contributed by atoms with van der Waals surface area (Å²) in [5, 5.41) is 3.58. The van der Waals surface area contributed by atoms with E-state index in [0.29, 0.717) is 27.9 Å². The molecular formula is C30H35Cl2N3O6S. The Morgan fingerprint density at radius 2 is 1.64 bits per heavy atom. The summed E-state index contributed by atoms with van der Waals surface area (Å²) in [6.45, 7) is 3.42. The Morgan fingerprint density at radius 1 is 0.952 bits per heavy atom. The van der Waals surface area contributed by atoms with Crippen LogP contribution in [0.25, 0.3) is 0 Å². The van der Waals surface area contributed by atoms with Gasteiger partial charge in [0.05, 0.1) is 24.8 Å². The van der Waals surface area contributed by atoms with Crippen LogP contribution in [0.2, 0.25) is 10.0 Å². The smallest absolute Gasteiger partial charge is 0.264 e. The molecule has 0 aliphatic heterocycles. The minimum atomic E-state index is -4.28. The molecule has 0 saturated heterocycles. The van der Waals surface area contributed by atoms with E-state index < -0.39 is 28.5 Å². The molecule has 0 aliphatic rings. The second-order valence-electron chi connectivity index (χ2n) is 9.44. The maximum atomic E-state index is 14.0. The van der Waals surface area contributed by atoms with Crippen LogP contribution in [0, 0.1) is 0 Å². The molecule has 0 bridgehead atoms. The second-order valence-corrected chi connectivity index (χ2v) is 12.1. The Hall–Kier alpha value is -3.47. The Labute approximate surface area is 257 Å². The van der Waals surface area contributed by atoms with E-state index in [9.17, 15) is 18.0 Å². The minimum absolute atomic E-state index is 0.0454. The van der Waals surface area contributed by atoms with Crippen LogP contribution < -0.4 is 19.1 Å². The summed E-state index contributed by atoms with van der Waals surface area (Å²) in [6.07, 6.45) is 1.67. The summed E-state index contributed by atoms with van der Waals surface area (Å²) in [6, 6.07) is 16.4. The fourth-order valence-corrected chi connectivity index (χ4v) is 6.08. The largest absolute Gasteiger partial charge is 0.493 e. The molecule has 1 atom stereocenters. The van der Waals surface area contributed by atoms with E-state index in [2.05, 4.69) is 5.32 Å². The monoisotopic (exact) mass is 635 g/mol. The lowest BCUT2D eigenvalue weighted by Gasteiger charge is -2.32. The van der Waals surface area contributed by atoms with Crippen LogP contribution in [0.3, 0.4) is 0 Å². The highest BCUT2D eigenvalue weighted by molar-refractivity contribution is 7.92. The number of carbonyl (C=O) groups excluding carboxylic acids is 2. The van der Waals surface area contributed by atoms with Crippen molar-refractivity contribution in [3.8, 4) is 11.5 Å². The van der Waals surface area contributed by atoms with Gasteiger partial charge in [-0.25, -0.2) is 8.42 Å². The third-order valence-electron chi connectivity index (χ3n) is 6.62. The molecule has 0 saturated carbocycles. The Bertz CT molecular complexity index is 1490. The van der Waals surface area contributed by atoms with Gasteiger partial charge in [-0.1, -0.05) is 60.8 Å². The molecule has 0 aromatic heterocycles. The zero-order chi connectivity index (χ0) is 30.9. The van der Waals surface area contributed by atoms with Crippen LogP contribution in [-0.2, 0) is 26.2 Å². The molecule has 226 valence electrons. The number of nitrogens with one attached hydrogen (secondary N) is 1. The van der Waals surface area contributed by atoms with Gasteiger partial charge in [0.15, 0.2) is 11.5 Å². The van der Waals surface area contributed by atoms with Crippen molar-refractivity contribution < 1.29 is 27.5 Å². The molecule has 12 heteroatoms. The number of rotatable bonds is 14. The van der Waals surface area contributed by atoms with Gasteiger partial charge in [-0.3, -0.25) is 13.9 Å². The fourth-order valence-electron chi connectivity index (χ4n) is 4.18. The maximum absolute atomic E-state index is 14.0. The van der Waals surface area contributed by atoms with Gasteiger partial charge in [0.1, 0.15) is 12.6 Å². The Balaban J connectivity index is 2.04. The molecule has 3 aromatic rings. The zero-order valence-electron chi connectivity index (χ0n) is 24.0. The van der Waals surface area contributed by atoms with Gasteiger partial charge in [-0.15, -0.1) is 0 Å². The number of carbonyl (C=O) groups is 2. The predicted octanol–water partition coefficient (Wildman–Crippen LogP) is 5.54. The first-order valence-electron chi connectivity index (χ1n) is 13.3. The number of nitrogens with zero attached hydrogens (tertiary/aromatic N) is 2. The number of ether oxygens (including phenoxy) is 2. The van der Waals surface area contributed by atoms with E-state index in [-0.39, 0.29) is 28.8 Å². The molecule has 0 radical (unpaired) electrons. The van der Waals surface area contributed by atoms with Gasteiger partial charge in [0.25, 0.3) is 10.0 Å². The van der Waals surface area contributed by atoms with Crippen molar-refractivity contribution in [3.63, 3.8) is 0 Å². The second kappa shape index (κ2) is 15.1. The van der Waals surface area contributed by atoms with Gasteiger partial charge in [-0.05, 0) is 55.3 Å². The summed E-state index contributed by atoms with van der Waals surface area (Å²) < 4.78 is 39.6. The molecule has 2 amide bonds. The number of benzene rings is 3. The summed E-state index contributed by atoms with van der Waals surface area (Å²) in [5.41, 5.74) is 0.821. The number of methoxy groups -OCH3 is 2. The first-order valence-corrected chi connectivity index (χ1v) is 15.5. The van der Waals surface area contributed by atoms with E-state index in [1.807, 2.05) is 6.92 Å². The topological polar surface area (TPSA) is 105 Å². The van der Waals surface area contributed by atoms with Crippen molar-refractivity contribution in [1.82, 2.24) is 10.2 Å². The number of halogens is 2. The van der Waals surface area contributed by atoms with E-state index in [1.54, 1.807) is 55.5 Å². The number of sulfonamides is 1. The van der Waals surface area contributed by atoms with Gasteiger partial charge in [0, 0.05) is 29.2 Å². The van der Waals surface area contributed by atoms with Crippen molar-refractivity contribution in [2.45, 2.75) is 44.2 Å². The Morgan fingerprint density at radius 3 is 2.26 bits per heavy atom. The number of anilines is 1. The zero-order valence-corrected chi connectivity index (χ0v) is 26.3. The molecular weight excluding hydrogens is 601 g/mol. The average molecular weight is 637 g/mol. The molecule has 0 unspecified atom stereocenters. The number of unbranched alkanes of at least 4 members (excludes halogenated alkanes) is 1. The molecule has 0 spiro atoms. The number of para-hydroxylation sites is 1. The highest BCUT2D eigenvalue weighted by Crippen LogP contribution is 2.32. The lowest BCUT2D eigenvalue weighted by Crippen LogP contribution is -2.51. The third kappa shape index (κ3) is 8.08. The van der Waals surface area contributed by atoms with Crippen molar-refractivity contribution in [1.29, 1.82) is 0 Å². The summed E-state index contributed by atoms with van der Waals surface area (Å²) in [5.74, 6) is -0.398. The molecule has 0 heterocycles. The van der Waals surface area contributed by atoms with Gasteiger partial charge in [0.2, 0.25) is 11.8 Å². The number of hydrogen-bond donors (Lipinski definition) is 1. The molecule has 9 nitrogen and oxygen atoms in total. The first kappa shape index (κ1) is 33.0. The molecule has 1 N–H and O–H groups in total. The van der Waals surface area contributed by atoms with Crippen molar-refractivity contribution in [2.24, 2.45) is 0 Å². The van der Waals surface area contributed by atoms with Crippen LogP contribution >= 0.6 is 23.2 Å². The quantitative estimate of drug-likeness (QED) is 0.233. The van der Waals surface area contributed by atoms with Crippen LogP contribution in [0.1, 0.15) is 32.3 Å². The third-order valence-corrected chi connectivity index (χ3v) is 8.98. The highest BCUT2D eigenvalue weighted by atomic mass is 35.5.